The molecule has 1 aromatic heterocycles. The molecule has 2 heterocycles. The van der Waals surface area contributed by atoms with E-state index in [1.165, 1.54) is 0 Å². The number of hydrogen-bond donors (Lipinski definition) is 0. The Morgan fingerprint density at radius 3 is 2.46 bits per heavy atom. The third-order valence-electron chi connectivity index (χ3n) is 6.08. The third-order valence-corrected chi connectivity index (χ3v) is 6.08. The molecule has 196 valence electrons. The van der Waals surface area contributed by atoms with Crippen LogP contribution in [0.5, 0.6) is 23.0 Å². The number of nitrogens with zero attached hydrogens (tertiary/aromatic N) is 1. The van der Waals surface area contributed by atoms with Gasteiger partial charge in [0.05, 0.1) is 18.8 Å². The molecule has 3 aromatic rings. The summed E-state index contributed by atoms with van der Waals surface area (Å²) in [6.07, 6.45) is 1.94. The molecule has 0 fully saturated rings. The minimum atomic E-state index is -0.602. The number of unbranched alkanes of at least 4 members (excludes halogenated alkanes) is 1. The molecule has 0 saturated heterocycles. The lowest BCUT2D eigenvalue weighted by Crippen LogP contribution is -2.16. The highest BCUT2D eigenvalue weighted by Gasteiger charge is 2.21. The zero-order chi connectivity index (χ0) is 26.4. The van der Waals surface area contributed by atoms with Crippen molar-refractivity contribution in [3.05, 3.63) is 65.0 Å². The molecule has 37 heavy (non-hydrogen) atoms. The van der Waals surface area contributed by atoms with E-state index in [0.29, 0.717) is 60.6 Å². The average molecular weight is 508 g/mol. The van der Waals surface area contributed by atoms with Gasteiger partial charge in [0, 0.05) is 28.7 Å². The van der Waals surface area contributed by atoms with Crippen molar-refractivity contribution in [2.75, 3.05) is 33.0 Å². The summed E-state index contributed by atoms with van der Waals surface area (Å²) in [5, 5.41) is 0. The number of fused-ring (bicyclic) bond motifs is 1. The van der Waals surface area contributed by atoms with Gasteiger partial charge in [0.1, 0.15) is 13.2 Å². The van der Waals surface area contributed by atoms with Crippen LogP contribution in [-0.2, 0) is 4.74 Å². The Bertz CT molecular complexity index is 1280. The number of Topliss-reactive ketones (excluding diaryl/α,β-unsaturated/α-hetero) is 1. The van der Waals surface area contributed by atoms with Crippen LogP contribution in [0.2, 0.25) is 0 Å². The highest BCUT2D eigenvalue weighted by Crippen LogP contribution is 2.34. The van der Waals surface area contributed by atoms with Crippen molar-refractivity contribution in [1.82, 2.24) is 4.57 Å². The van der Waals surface area contributed by atoms with Crippen LogP contribution in [-0.4, -0.2) is 49.4 Å². The zero-order valence-electron chi connectivity index (χ0n) is 21.8. The molecule has 4 rings (SSSR count). The number of aromatic nitrogens is 1. The van der Waals surface area contributed by atoms with Gasteiger partial charge in [-0.2, -0.15) is 0 Å². The first kappa shape index (κ1) is 26.1. The maximum atomic E-state index is 13.0. The second-order valence-corrected chi connectivity index (χ2v) is 8.74. The summed E-state index contributed by atoms with van der Waals surface area (Å²) in [5.74, 6) is 1.54. The van der Waals surface area contributed by atoms with E-state index < -0.39 is 5.97 Å². The van der Waals surface area contributed by atoms with Crippen LogP contribution in [0, 0.1) is 13.8 Å². The fourth-order valence-corrected chi connectivity index (χ4v) is 4.25. The van der Waals surface area contributed by atoms with E-state index in [9.17, 15) is 9.59 Å². The molecule has 0 amide bonds. The van der Waals surface area contributed by atoms with Crippen molar-refractivity contribution in [1.29, 1.82) is 0 Å². The fraction of sp³-hybridized carbons (Fsp3) is 0.379. The number of rotatable bonds is 11. The molecular formula is C29H33NO7. The van der Waals surface area contributed by atoms with Gasteiger partial charge in [-0.1, -0.05) is 13.3 Å². The van der Waals surface area contributed by atoms with Gasteiger partial charge in [-0.3, -0.25) is 4.79 Å². The number of ketones is 1. The molecular weight excluding hydrogens is 474 g/mol. The SMILES string of the molecule is CCCCOc1ccc(C(=O)OCC(=O)c2cc(C)n(-c3ccc4c(c3)OCCO4)c2C)cc1OCC. The van der Waals surface area contributed by atoms with Crippen molar-refractivity contribution in [2.24, 2.45) is 0 Å². The first-order valence-electron chi connectivity index (χ1n) is 12.6. The summed E-state index contributed by atoms with van der Waals surface area (Å²) >= 11 is 0. The molecule has 0 radical (unpaired) electrons. The molecule has 0 unspecified atom stereocenters. The summed E-state index contributed by atoms with van der Waals surface area (Å²) in [6.45, 7) is 9.38. The van der Waals surface area contributed by atoms with Crippen LogP contribution in [0.1, 0.15) is 58.8 Å². The van der Waals surface area contributed by atoms with Gasteiger partial charge in [-0.25, -0.2) is 4.79 Å². The van der Waals surface area contributed by atoms with E-state index in [-0.39, 0.29) is 12.4 Å². The Morgan fingerprint density at radius 1 is 0.919 bits per heavy atom. The average Bonchev–Trinajstić information content (AvgIpc) is 3.21. The van der Waals surface area contributed by atoms with Gasteiger partial charge in [-0.15, -0.1) is 0 Å². The molecule has 1 aliphatic rings. The smallest absolute Gasteiger partial charge is 0.338 e. The molecule has 1 aliphatic heterocycles. The van der Waals surface area contributed by atoms with E-state index >= 15 is 0 Å². The van der Waals surface area contributed by atoms with Gasteiger partial charge in [-0.05, 0) is 63.6 Å². The van der Waals surface area contributed by atoms with Gasteiger partial charge in [0.15, 0.2) is 29.6 Å². The highest BCUT2D eigenvalue weighted by molar-refractivity contribution is 6.00. The number of ether oxygens (including phenoxy) is 5. The Labute approximate surface area is 217 Å². The number of carbonyl (C=O) groups is 2. The molecule has 8 heteroatoms. The first-order chi connectivity index (χ1) is 17.9. The van der Waals surface area contributed by atoms with Crippen molar-refractivity contribution >= 4 is 11.8 Å². The third kappa shape index (κ3) is 5.90. The molecule has 0 N–H and O–H groups in total. The quantitative estimate of drug-likeness (QED) is 0.193. The monoisotopic (exact) mass is 507 g/mol. The van der Waals surface area contributed by atoms with Crippen LogP contribution in [0.4, 0.5) is 0 Å². The first-order valence-corrected chi connectivity index (χ1v) is 12.6. The van der Waals surface area contributed by atoms with Gasteiger partial charge < -0.3 is 28.3 Å². The Hall–Kier alpha value is -3.94. The second-order valence-electron chi connectivity index (χ2n) is 8.74. The van der Waals surface area contributed by atoms with Crippen molar-refractivity contribution < 1.29 is 33.3 Å². The van der Waals surface area contributed by atoms with E-state index in [4.69, 9.17) is 23.7 Å². The van der Waals surface area contributed by atoms with Crippen molar-refractivity contribution in [3.63, 3.8) is 0 Å². The Balaban J connectivity index is 1.45. The van der Waals surface area contributed by atoms with Crippen molar-refractivity contribution in [2.45, 2.75) is 40.5 Å². The van der Waals surface area contributed by atoms with Gasteiger partial charge in [0.25, 0.3) is 0 Å². The topological polar surface area (TPSA) is 85.2 Å². The highest BCUT2D eigenvalue weighted by atomic mass is 16.6. The summed E-state index contributed by atoms with van der Waals surface area (Å²) in [6, 6.07) is 12.4. The molecule has 0 saturated carbocycles. The number of carbonyl (C=O) groups excluding carboxylic acids is 2. The predicted octanol–water partition coefficient (Wildman–Crippen LogP) is 5.48. The van der Waals surface area contributed by atoms with Crippen LogP contribution in [0.15, 0.2) is 42.5 Å². The van der Waals surface area contributed by atoms with Crippen LogP contribution < -0.4 is 18.9 Å². The maximum absolute atomic E-state index is 13.0. The number of esters is 1. The minimum Gasteiger partial charge on any atom is -0.490 e. The van der Waals surface area contributed by atoms with E-state index in [0.717, 1.165) is 29.9 Å². The van der Waals surface area contributed by atoms with Crippen molar-refractivity contribution in [3.8, 4) is 28.7 Å². The fourth-order valence-electron chi connectivity index (χ4n) is 4.25. The minimum absolute atomic E-state index is 0.283. The normalized spacial score (nSPS) is 12.2. The van der Waals surface area contributed by atoms with Gasteiger partial charge in [0.2, 0.25) is 5.78 Å². The molecule has 2 aromatic carbocycles. The summed E-state index contributed by atoms with van der Waals surface area (Å²) < 4.78 is 30.1. The van der Waals surface area contributed by atoms with E-state index in [1.54, 1.807) is 24.3 Å². The number of hydrogen-bond acceptors (Lipinski definition) is 7. The maximum Gasteiger partial charge on any atom is 0.338 e. The lowest BCUT2D eigenvalue weighted by molar-refractivity contribution is 0.0474. The second kappa shape index (κ2) is 11.9. The lowest BCUT2D eigenvalue weighted by Gasteiger charge is -2.20. The molecule has 8 nitrogen and oxygen atoms in total. The molecule has 0 spiro atoms. The van der Waals surface area contributed by atoms with E-state index in [1.807, 2.05) is 43.5 Å². The number of benzene rings is 2. The van der Waals surface area contributed by atoms with Crippen LogP contribution >= 0.6 is 0 Å². The Kier molecular flexibility index (Phi) is 8.38. The van der Waals surface area contributed by atoms with Crippen LogP contribution in [0.3, 0.4) is 0 Å². The molecule has 0 bridgehead atoms. The van der Waals surface area contributed by atoms with Crippen LogP contribution in [0.25, 0.3) is 5.69 Å². The lowest BCUT2D eigenvalue weighted by atomic mass is 10.1. The Morgan fingerprint density at radius 2 is 1.70 bits per heavy atom. The number of aryl methyl sites for hydroxylation is 1. The molecule has 0 aliphatic carbocycles. The van der Waals surface area contributed by atoms with E-state index in [2.05, 4.69) is 6.92 Å². The van der Waals surface area contributed by atoms with Gasteiger partial charge >= 0.3 is 5.97 Å². The largest absolute Gasteiger partial charge is 0.490 e. The predicted molar refractivity (Wildman–Crippen MR) is 139 cm³/mol. The standard InChI is InChI=1S/C29H33NO7/c1-5-7-12-34-25-10-8-21(16-27(25)33-6-2)29(32)37-18-24(31)23-15-19(3)30(20(23)4)22-9-11-26-28(17-22)36-14-13-35-26/h8-11,15-17H,5-7,12-14,18H2,1-4H3. The summed E-state index contributed by atoms with van der Waals surface area (Å²) in [5.41, 5.74) is 3.28. The molecule has 0 atom stereocenters. The zero-order valence-corrected chi connectivity index (χ0v) is 21.8. The summed E-state index contributed by atoms with van der Waals surface area (Å²) in [4.78, 5) is 25.7. The summed E-state index contributed by atoms with van der Waals surface area (Å²) in [7, 11) is 0.